The van der Waals surface area contributed by atoms with Crippen LogP contribution in [-0.4, -0.2) is 28.9 Å². The van der Waals surface area contributed by atoms with E-state index in [1.807, 2.05) is 11.0 Å². The van der Waals surface area contributed by atoms with Crippen molar-refractivity contribution in [2.24, 2.45) is 5.92 Å². The first-order valence-electron chi connectivity index (χ1n) is 5.80. The number of likely N-dealkylation sites (tertiary alicyclic amines) is 1. The zero-order valence-electron chi connectivity index (χ0n) is 9.50. The van der Waals surface area contributed by atoms with Gasteiger partial charge in [-0.25, -0.2) is 0 Å². The summed E-state index contributed by atoms with van der Waals surface area (Å²) in [4.78, 5) is 17.1. The average Bonchev–Trinajstić information content (AvgIpc) is 2.57. The molecule has 3 nitrogen and oxygen atoms in total. The van der Waals surface area contributed by atoms with Crippen LogP contribution in [0, 0.1) is 5.92 Å². The summed E-state index contributed by atoms with van der Waals surface area (Å²) in [6.07, 6.45) is 5.27. The fourth-order valence-electron chi connectivity index (χ4n) is 2.13. The minimum atomic E-state index is 0.125. The number of amides is 1. The van der Waals surface area contributed by atoms with E-state index in [0.717, 1.165) is 36.3 Å². The molecule has 1 amide bonds. The van der Waals surface area contributed by atoms with E-state index >= 15 is 0 Å². The fourth-order valence-corrected chi connectivity index (χ4v) is 2.47. The Balaban J connectivity index is 2.04. The summed E-state index contributed by atoms with van der Waals surface area (Å²) in [5, 5.41) is 0. The normalized spacial score (nSPS) is 21.9. The minimum absolute atomic E-state index is 0.125. The average molecular weight is 285 g/mol. The zero-order valence-corrected chi connectivity index (χ0v) is 11.1. The number of halogens is 1. The molecule has 1 aliphatic heterocycles. The van der Waals surface area contributed by atoms with E-state index in [1.165, 1.54) is 6.42 Å². The van der Waals surface area contributed by atoms with Crippen LogP contribution in [0.15, 0.2) is 16.7 Å². The summed E-state index contributed by atoms with van der Waals surface area (Å²) in [6, 6.07) is 1.84. The van der Waals surface area contributed by atoms with Crippen molar-refractivity contribution in [1.29, 1.82) is 0 Å². The molecule has 1 atom stereocenters. The number of hydrogen-bond acceptors (Lipinski definition) is 1. The lowest BCUT2D eigenvalue weighted by Gasteiger charge is -2.19. The summed E-state index contributed by atoms with van der Waals surface area (Å²) in [6.45, 7) is 4.04. The lowest BCUT2D eigenvalue weighted by Crippen LogP contribution is -2.32. The van der Waals surface area contributed by atoms with Gasteiger partial charge in [-0.15, -0.1) is 0 Å². The van der Waals surface area contributed by atoms with Crippen LogP contribution in [0.3, 0.4) is 0 Å². The number of nitrogens with one attached hydrogen (secondary N) is 1. The fraction of sp³-hybridized carbons (Fsp3) is 0.583. The summed E-state index contributed by atoms with van der Waals surface area (Å²) in [5.41, 5.74) is 0.682. The van der Waals surface area contributed by atoms with Crippen LogP contribution in [0.2, 0.25) is 0 Å². The quantitative estimate of drug-likeness (QED) is 0.846. The SMILES string of the molecule is C[C@H]1CCCN(C(=O)c2cc(Br)c[nH]2)CC1. The molecule has 1 N–H and O–H groups in total. The first-order chi connectivity index (χ1) is 7.66. The third-order valence-electron chi connectivity index (χ3n) is 3.18. The van der Waals surface area contributed by atoms with Crippen molar-refractivity contribution in [3.05, 3.63) is 22.4 Å². The number of H-pyrrole nitrogens is 1. The van der Waals surface area contributed by atoms with E-state index in [4.69, 9.17) is 0 Å². The molecule has 0 radical (unpaired) electrons. The number of aromatic amines is 1. The lowest BCUT2D eigenvalue weighted by molar-refractivity contribution is 0.0755. The van der Waals surface area contributed by atoms with Gasteiger partial charge in [-0.3, -0.25) is 4.79 Å². The largest absolute Gasteiger partial charge is 0.356 e. The Morgan fingerprint density at radius 1 is 1.50 bits per heavy atom. The highest BCUT2D eigenvalue weighted by atomic mass is 79.9. The van der Waals surface area contributed by atoms with E-state index in [-0.39, 0.29) is 5.91 Å². The van der Waals surface area contributed by atoms with E-state index in [0.29, 0.717) is 5.69 Å². The molecule has 2 rings (SSSR count). The monoisotopic (exact) mass is 284 g/mol. The topological polar surface area (TPSA) is 36.1 Å². The molecule has 0 unspecified atom stereocenters. The molecule has 0 bridgehead atoms. The Labute approximate surface area is 104 Å². The van der Waals surface area contributed by atoms with Gasteiger partial charge in [0, 0.05) is 23.8 Å². The van der Waals surface area contributed by atoms with Gasteiger partial charge < -0.3 is 9.88 Å². The van der Waals surface area contributed by atoms with Gasteiger partial charge in [-0.1, -0.05) is 6.92 Å². The van der Waals surface area contributed by atoms with Crippen LogP contribution in [-0.2, 0) is 0 Å². The van der Waals surface area contributed by atoms with Crippen LogP contribution in [0.1, 0.15) is 36.7 Å². The Morgan fingerprint density at radius 3 is 3.00 bits per heavy atom. The van der Waals surface area contributed by atoms with Crippen LogP contribution in [0.25, 0.3) is 0 Å². The van der Waals surface area contributed by atoms with E-state index in [1.54, 1.807) is 6.20 Å². The van der Waals surface area contributed by atoms with E-state index in [2.05, 4.69) is 27.8 Å². The molecule has 1 aromatic rings. The first-order valence-corrected chi connectivity index (χ1v) is 6.59. The van der Waals surface area contributed by atoms with Gasteiger partial charge in [0.05, 0.1) is 0 Å². The van der Waals surface area contributed by atoms with Gasteiger partial charge in [0.2, 0.25) is 0 Å². The number of hydrogen-bond donors (Lipinski definition) is 1. The molecule has 16 heavy (non-hydrogen) atoms. The standard InChI is InChI=1S/C12H17BrN2O/c1-9-3-2-5-15(6-4-9)12(16)11-7-10(13)8-14-11/h7-9,14H,2-6H2,1H3/t9-/m0/s1. The first kappa shape index (κ1) is 11.7. The van der Waals surface area contributed by atoms with Crippen molar-refractivity contribution >= 4 is 21.8 Å². The smallest absolute Gasteiger partial charge is 0.270 e. The molecular formula is C12H17BrN2O. The second-order valence-electron chi connectivity index (χ2n) is 4.56. The van der Waals surface area contributed by atoms with Crippen molar-refractivity contribution in [2.75, 3.05) is 13.1 Å². The minimum Gasteiger partial charge on any atom is -0.356 e. The van der Waals surface area contributed by atoms with E-state index < -0.39 is 0 Å². The van der Waals surface area contributed by atoms with Gasteiger partial charge >= 0.3 is 0 Å². The van der Waals surface area contributed by atoms with Crippen LogP contribution >= 0.6 is 15.9 Å². The van der Waals surface area contributed by atoms with Gasteiger partial charge in [0.1, 0.15) is 5.69 Å². The molecule has 0 saturated carbocycles. The molecule has 0 aliphatic carbocycles. The van der Waals surface area contributed by atoms with Gasteiger partial charge in [0.25, 0.3) is 5.91 Å². The second-order valence-corrected chi connectivity index (χ2v) is 5.48. The molecular weight excluding hydrogens is 268 g/mol. The Bertz CT molecular complexity index is 375. The highest BCUT2D eigenvalue weighted by molar-refractivity contribution is 9.10. The third-order valence-corrected chi connectivity index (χ3v) is 3.64. The number of nitrogens with zero attached hydrogens (tertiary/aromatic N) is 1. The van der Waals surface area contributed by atoms with Gasteiger partial charge in [-0.05, 0) is 47.2 Å². The Morgan fingerprint density at radius 2 is 2.31 bits per heavy atom. The van der Waals surface area contributed by atoms with E-state index in [9.17, 15) is 4.79 Å². The number of carbonyl (C=O) groups excluding carboxylic acids is 1. The van der Waals surface area contributed by atoms with Gasteiger partial charge in [-0.2, -0.15) is 0 Å². The van der Waals surface area contributed by atoms with Gasteiger partial charge in [0.15, 0.2) is 0 Å². The molecule has 2 heterocycles. The number of carbonyl (C=O) groups is 1. The number of aromatic nitrogens is 1. The maximum absolute atomic E-state index is 12.1. The molecule has 0 spiro atoms. The molecule has 0 aromatic carbocycles. The molecule has 1 fully saturated rings. The van der Waals surface area contributed by atoms with Crippen molar-refractivity contribution < 1.29 is 4.79 Å². The van der Waals surface area contributed by atoms with Crippen LogP contribution in [0.4, 0.5) is 0 Å². The lowest BCUT2D eigenvalue weighted by atomic mass is 10.0. The second kappa shape index (κ2) is 5.04. The van der Waals surface area contributed by atoms with Crippen molar-refractivity contribution in [2.45, 2.75) is 26.2 Å². The van der Waals surface area contributed by atoms with Crippen LogP contribution in [0.5, 0.6) is 0 Å². The van der Waals surface area contributed by atoms with Crippen molar-refractivity contribution in [3.63, 3.8) is 0 Å². The predicted molar refractivity (Wildman–Crippen MR) is 67.4 cm³/mol. The highest BCUT2D eigenvalue weighted by Gasteiger charge is 2.20. The highest BCUT2D eigenvalue weighted by Crippen LogP contribution is 2.19. The molecule has 1 aliphatic rings. The summed E-state index contributed by atoms with van der Waals surface area (Å²) in [5.74, 6) is 0.868. The Kier molecular flexibility index (Phi) is 3.69. The third kappa shape index (κ3) is 2.67. The number of rotatable bonds is 1. The molecule has 4 heteroatoms. The molecule has 88 valence electrons. The maximum Gasteiger partial charge on any atom is 0.270 e. The van der Waals surface area contributed by atoms with Crippen molar-refractivity contribution in [3.8, 4) is 0 Å². The van der Waals surface area contributed by atoms with Crippen LogP contribution < -0.4 is 0 Å². The summed E-state index contributed by atoms with van der Waals surface area (Å²) >= 11 is 3.35. The predicted octanol–water partition coefficient (Wildman–Crippen LogP) is 3.04. The summed E-state index contributed by atoms with van der Waals surface area (Å²) < 4.78 is 0.930. The zero-order chi connectivity index (χ0) is 11.5. The molecule has 1 aromatic heterocycles. The Hall–Kier alpha value is -0.770. The molecule has 1 saturated heterocycles. The summed E-state index contributed by atoms with van der Waals surface area (Å²) in [7, 11) is 0. The van der Waals surface area contributed by atoms with Crippen molar-refractivity contribution in [1.82, 2.24) is 9.88 Å². The maximum atomic E-state index is 12.1.